The molecule has 58 valence electrons. The molecule has 1 fully saturated rings. The first-order valence-electron chi connectivity index (χ1n) is 3.65. The van der Waals surface area contributed by atoms with Crippen molar-refractivity contribution in [2.45, 2.75) is 12.8 Å². The van der Waals surface area contributed by atoms with Crippen molar-refractivity contribution in [1.29, 1.82) is 0 Å². The van der Waals surface area contributed by atoms with Gasteiger partial charge in [-0.15, -0.1) is 0 Å². The first-order valence-corrected chi connectivity index (χ1v) is 3.65. The molecule has 2 atom stereocenters. The van der Waals surface area contributed by atoms with E-state index in [9.17, 15) is 8.78 Å². The molecule has 2 unspecified atom stereocenters. The first kappa shape index (κ1) is 7.96. The molecule has 10 heavy (non-hydrogen) atoms. The van der Waals surface area contributed by atoms with Crippen LogP contribution in [-0.2, 0) is 0 Å². The molecule has 2 radical (unpaired) electrons. The second-order valence-electron chi connectivity index (χ2n) is 2.77. The van der Waals surface area contributed by atoms with Crippen molar-refractivity contribution < 1.29 is 8.78 Å². The lowest BCUT2D eigenvalue weighted by Crippen LogP contribution is -2.18. The number of hydrogen-bond donors (Lipinski definition) is 0. The topological polar surface area (TPSA) is 0 Å². The van der Waals surface area contributed by atoms with Crippen LogP contribution in [-0.4, -0.2) is 13.3 Å². The Kier molecular flexibility index (Phi) is 3.10. The van der Waals surface area contributed by atoms with Crippen molar-refractivity contribution in [3.05, 3.63) is 12.8 Å². The summed E-state index contributed by atoms with van der Waals surface area (Å²) in [6.07, 6.45) is 5.21. The summed E-state index contributed by atoms with van der Waals surface area (Å²) >= 11 is 0. The van der Waals surface area contributed by atoms with Gasteiger partial charge in [-0.1, -0.05) is 0 Å². The summed E-state index contributed by atoms with van der Waals surface area (Å²) in [5, 5.41) is 0. The molecule has 0 bridgehead atoms. The van der Waals surface area contributed by atoms with Crippen LogP contribution in [0.25, 0.3) is 0 Å². The third-order valence-electron chi connectivity index (χ3n) is 1.94. The molecule has 0 aromatic carbocycles. The molecular weight excluding hydrogens is 134 g/mol. The van der Waals surface area contributed by atoms with Gasteiger partial charge >= 0.3 is 0 Å². The molecule has 0 nitrogen and oxygen atoms in total. The Morgan fingerprint density at radius 3 is 1.60 bits per heavy atom. The van der Waals surface area contributed by atoms with Gasteiger partial charge in [0.05, 0.1) is 13.3 Å². The molecule has 1 aliphatic carbocycles. The normalized spacial score (nSPS) is 34.2. The highest BCUT2D eigenvalue weighted by Gasteiger charge is 2.20. The van der Waals surface area contributed by atoms with E-state index < -0.39 is 0 Å². The smallest absolute Gasteiger partial charge is 0.0925 e. The minimum atomic E-state index is -0.296. The van der Waals surface area contributed by atoms with Gasteiger partial charge in [-0.3, -0.25) is 8.78 Å². The molecule has 1 rings (SSSR count). The van der Waals surface area contributed by atoms with Crippen LogP contribution in [0, 0.1) is 24.7 Å². The molecule has 2 heteroatoms. The Balaban J connectivity index is 2.17. The van der Waals surface area contributed by atoms with Crippen molar-refractivity contribution in [1.82, 2.24) is 0 Å². The number of rotatable bonds is 2. The maximum absolute atomic E-state index is 12.0. The third-order valence-corrected chi connectivity index (χ3v) is 1.94. The Bertz CT molecular complexity index is 73.3. The minimum absolute atomic E-state index is 0.0581. The SMILES string of the molecule is FCC1[CH]CC(CF)[CH]C1. The van der Waals surface area contributed by atoms with Gasteiger partial charge in [-0.05, 0) is 37.5 Å². The maximum atomic E-state index is 12.0. The van der Waals surface area contributed by atoms with Gasteiger partial charge in [0.15, 0.2) is 0 Å². The van der Waals surface area contributed by atoms with Crippen LogP contribution in [0.3, 0.4) is 0 Å². The molecule has 0 N–H and O–H groups in total. The zero-order chi connectivity index (χ0) is 7.40. The number of alkyl halides is 2. The summed E-state index contributed by atoms with van der Waals surface area (Å²) in [4.78, 5) is 0. The summed E-state index contributed by atoms with van der Waals surface area (Å²) < 4.78 is 23.9. The Labute approximate surface area is 60.6 Å². The van der Waals surface area contributed by atoms with Crippen molar-refractivity contribution in [2.75, 3.05) is 13.3 Å². The average Bonchev–Trinajstić information content (AvgIpc) is 2.05. The third kappa shape index (κ3) is 1.93. The van der Waals surface area contributed by atoms with Crippen LogP contribution in [0.4, 0.5) is 8.78 Å². The summed E-state index contributed by atoms with van der Waals surface area (Å²) in [6.45, 7) is -0.592. The molecule has 1 aliphatic rings. The Hall–Kier alpha value is -0.140. The fraction of sp³-hybridized carbons (Fsp3) is 0.750. The molecule has 0 aliphatic heterocycles. The van der Waals surface area contributed by atoms with E-state index in [4.69, 9.17) is 0 Å². The van der Waals surface area contributed by atoms with Crippen LogP contribution >= 0.6 is 0 Å². The van der Waals surface area contributed by atoms with E-state index >= 15 is 0 Å². The zero-order valence-corrected chi connectivity index (χ0v) is 5.89. The van der Waals surface area contributed by atoms with Gasteiger partial charge in [0.2, 0.25) is 0 Å². The van der Waals surface area contributed by atoms with E-state index in [1.807, 2.05) is 12.8 Å². The van der Waals surface area contributed by atoms with E-state index in [1.165, 1.54) is 0 Å². The van der Waals surface area contributed by atoms with Crippen LogP contribution in [0.5, 0.6) is 0 Å². The van der Waals surface area contributed by atoms with E-state index in [2.05, 4.69) is 0 Å². The predicted octanol–water partition coefficient (Wildman–Crippen LogP) is 2.36. The number of hydrogen-bond acceptors (Lipinski definition) is 0. The highest BCUT2D eigenvalue weighted by Crippen LogP contribution is 2.27. The lowest BCUT2D eigenvalue weighted by atomic mass is 9.83. The maximum Gasteiger partial charge on any atom is 0.0925 e. The summed E-state index contributed by atoms with van der Waals surface area (Å²) in [6, 6.07) is 0. The van der Waals surface area contributed by atoms with Crippen molar-refractivity contribution >= 4 is 0 Å². The first-order chi connectivity index (χ1) is 4.86. The molecule has 0 aromatic rings. The van der Waals surface area contributed by atoms with Crippen LogP contribution in [0.1, 0.15) is 12.8 Å². The van der Waals surface area contributed by atoms with E-state index in [0.717, 1.165) is 0 Å². The molecular formula is C8H12F2. The lowest BCUT2D eigenvalue weighted by molar-refractivity contribution is 0.303. The zero-order valence-electron chi connectivity index (χ0n) is 5.89. The summed E-state index contributed by atoms with van der Waals surface area (Å²) in [7, 11) is 0. The van der Waals surface area contributed by atoms with Gasteiger partial charge in [-0.25, -0.2) is 0 Å². The molecule has 0 amide bonds. The van der Waals surface area contributed by atoms with Gasteiger partial charge in [0, 0.05) is 0 Å². The van der Waals surface area contributed by atoms with E-state index in [1.54, 1.807) is 0 Å². The molecule has 0 aromatic heterocycles. The quantitative estimate of drug-likeness (QED) is 0.561. The number of halogens is 2. The van der Waals surface area contributed by atoms with Gasteiger partial charge < -0.3 is 0 Å². The fourth-order valence-electron chi connectivity index (χ4n) is 1.18. The summed E-state index contributed by atoms with van der Waals surface area (Å²) in [5.41, 5.74) is 0. The van der Waals surface area contributed by atoms with Gasteiger partial charge in [0.1, 0.15) is 0 Å². The monoisotopic (exact) mass is 146 g/mol. The molecule has 0 spiro atoms. The van der Waals surface area contributed by atoms with Crippen LogP contribution in [0.15, 0.2) is 0 Å². The minimum Gasteiger partial charge on any atom is -0.251 e. The van der Waals surface area contributed by atoms with Crippen LogP contribution < -0.4 is 0 Å². The second kappa shape index (κ2) is 3.89. The Morgan fingerprint density at radius 2 is 1.40 bits per heavy atom. The van der Waals surface area contributed by atoms with Gasteiger partial charge in [0.25, 0.3) is 0 Å². The average molecular weight is 146 g/mol. The largest absolute Gasteiger partial charge is 0.251 e. The second-order valence-corrected chi connectivity index (χ2v) is 2.77. The highest BCUT2D eigenvalue weighted by molar-refractivity contribution is 4.94. The van der Waals surface area contributed by atoms with E-state index in [0.29, 0.717) is 12.8 Å². The van der Waals surface area contributed by atoms with E-state index in [-0.39, 0.29) is 25.2 Å². The highest BCUT2D eigenvalue weighted by atomic mass is 19.1. The van der Waals surface area contributed by atoms with Crippen molar-refractivity contribution in [3.63, 3.8) is 0 Å². The fourth-order valence-corrected chi connectivity index (χ4v) is 1.18. The van der Waals surface area contributed by atoms with Crippen LogP contribution in [0.2, 0.25) is 0 Å². The van der Waals surface area contributed by atoms with Crippen molar-refractivity contribution in [3.8, 4) is 0 Å². The lowest BCUT2D eigenvalue weighted by Gasteiger charge is -2.23. The molecule has 0 saturated heterocycles. The van der Waals surface area contributed by atoms with Gasteiger partial charge in [-0.2, -0.15) is 0 Å². The van der Waals surface area contributed by atoms with Crippen molar-refractivity contribution in [2.24, 2.45) is 11.8 Å². The predicted molar refractivity (Wildman–Crippen MR) is 36.8 cm³/mol. The summed E-state index contributed by atoms with van der Waals surface area (Å²) in [5.74, 6) is 0.116. The standard InChI is InChI=1S/C8H12F2/c9-5-7-1-2-8(6-10)4-3-7/h1,4,7-8H,2-3,5-6H2. The Morgan fingerprint density at radius 1 is 1.00 bits per heavy atom. The molecule has 0 heterocycles. The molecule has 1 saturated carbocycles.